The van der Waals surface area contributed by atoms with Gasteiger partial charge in [0.15, 0.2) is 0 Å². The SMILES string of the molecule is C[C@H](Sc1ccc(S(=O)(=O)N2CCCCC2)cn1)C(=O)NC1CCCCC1. The topological polar surface area (TPSA) is 79.4 Å². The zero-order chi connectivity index (χ0) is 19.3. The van der Waals surface area contributed by atoms with E-state index in [9.17, 15) is 13.2 Å². The van der Waals surface area contributed by atoms with Gasteiger partial charge in [0.1, 0.15) is 4.90 Å². The number of sulfonamides is 1. The monoisotopic (exact) mass is 411 g/mol. The lowest BCUT2D eigenvalue weighted by molar-refractivity contribution is -0.121. The largest absolute Gasteiger partial charge is 0.352 e. The summed E-state index contributed by atoms with van der Waals surface area (Å²) in [6.07, 6.45) is 10.1. The van der Waals surface area contributed by atoms with Crippen LogP contribution in [0, 0.1) is 0 Å². The van der Waals surface area contributed by atoms with Crippen molar-refractivity contribution >= 4 is 27.7 Å². The molecule has 1 saturated carbocycles. The molecule has 0 bridgehead atoms. The predicted octanol–water partition coefficient (Wildman–Crippen LogP) is 3.19. The quantitative estimate of drug-likeness (QED) is 0.727. The first-order chi connectivity index (χ1) is 13.0. The van der Waals surface area contributed by atoms with E-state index >= 15 is 0 Å². The molecule has 1 N–H and O–H groups in total. The molecule has 0 aromatic carbocycles. The van der Waals surface area contributed by atoms with Gasteiger partial charge in [-0.1, -0.05) is 37.4 Å². The minimum Gasteiger partial charge on any atom is -0.352 e. The fourth-order valence-electron chi connectivity index (χ4n) is 3.64. The number of carbonyl (C=O) groups excluding carboxylic acids is 1. The summed E-state index contributed by atoms with van der Waals surface area (Å²) in [5.74, 6) is 0.0266. The Hall–Kier alpha value is -1.12. The van der Waals surface area contributed by atoms with E-state index in [1.54, 1.807) is 16.4 Å². The molecule has 2 fully saturated rings. The van der Waals surface area contributed by atoms with Gasteiger partial charge in [-0.2, -0.15) is 4.31 Å². The number of hydrogen-bond donors (Lipinski definition) is 1. The van der Waals surface area contributed by atoms with Crippen molar-refractivity contribution in [3.63, 3.8) is 0 Å². The van der Waals surface area contributed by atoms with Crippen molar-refractivity contribution in [1.29, 1.82) is 0 Å². The third kappa shape index (κ3) is 5.45. The van der Waals surface area contributed by atoms with Crippen molar-refractivity contribution in [2.24, 2.45) is 0 Å². The van der Waals surface area contributed by atoms with Crippen LogP contribution in [0.2, 0.25) is 0 Å². The van der Waals surface area contributed by atoms with Crippen LogP contribution in [0.15, 0.2) is 28.3 Å². The number of carbonyl (C=O) groups is 1. The van der Waals surface area contributed by atoms with E-state index in [0.29, 0.717) is 24.2 Å². The van der Waals surface area contributed by atoms with E-state index in [4.69, 9.17) is 0 Å². The third-order valence-corrected chi connectivity index (χ3v) is 8.21. The first-order valence-corrected chi connectivity index (χ1v) is 12.2. The van der Waals surface area contributed by atoms with Crippen LogP contribution in [-0.4, -0.2) is 48.0 Å². The summed E-state index contributed by atoms with van der Waals surface area (Å²) < 4.78 is 26.9. The average Bonchev–Trinajstić information content (AvgIpc) is 2.70. The summed E-state index contributed by atoms with van der Waals surface area (Å²) in [5.41, 5.74) is 0. The lowest BCUT2D eigenvalue weighted by Gasteiger charge is -2.25. The number of amides is 1. The lowest BCUT2D eigenvalue weighted by Crippen LogP contribution is -2.40. The molecular formula is C19H29N3O3S2. The highest BCUT2D eigenvalue weighted by atomic mass is 32.2. The highest BCUT2D eigenvalue weighted by Crippen LogP contribution is 2.25. The molecule has 27 heavy (non-hydrogen) atoms. The number of thioether (sulfide) groups is 1. The molecule has 0 spiro atoms. The van der Waals surface area contributed by atoms with E-state index in [2.05, 4.69) is 10.3 Å². The van der Waals surface area contributed by atoms with Crippen molar-refractivity contribution in [2.45, 2.75) is 79.5 Å². The van der Waals surface area contributed by atoms with Crippen molar-refractivity contribution in [3.05, 3.63) is 18.3 Å². The standard InChI is InChI=1S/C19H29N3O3S2/c1-15(19(23)21-16-8-4-2-5-9-16)26-18-11-10-17(14-20-18)27(24,25)22-12-6-3-7-13-22/h10-11,14-16H,2-9,12-13H2,1H3,(H,21,23)/t15-/m0/s1. The van der Waals surface area contributed by atoms with Crippen molar-refractivity contribution in [3.8, 4) is 0 Å². The fraction of sp³-hybridized carbons (Fsp3) is 0.684. The maximum absolute atomic E-state index is 12.7. The molecule has 1 aliphatic heterocycles. The van der Waals surface area contributed by atoms with Crippen LogP contribution in [0.25, 0.3) is 0 Å². The molecule has 1 aliphatic carbocycles. The van der Waals surface area contributed by atoms with Gasteiger partial charge in [0.2, 0.25) is 15.9 Å². The summed E-state index contributed by atoms with van der Waals surface area (Å²) in [4.78, 5) is 16.9. The highest BCUT2D eigenvalue weighted by Gasteiger charge is 2.26. The van der Waals surface area contributed by atoms with Gasteiger partial charge in [-0.05, 0) is 44.7 Å². The Morgan fingerprint density at radius 1 is 1.15 bits per heavy atom. The number of pyridine rings is 1. The van der Waals surface area contributed by atoms with Gasteiger partial charge in [0.05, 0.1) is 10.3 Å². The zero-order valence-corrected chi connectivity index (χ0v) is 17.5. The molecule has 1 saturated heterocycles. The maximum Gasteiger partial charge on any atom is 0.244 e. The Labute approximate surface area is 166 Å². The lowest BCUT2D eigenvalue weighted by atomic mass is 9.95. The van der Waals surface area contributed by atoms with Gasteiger partial charge in [-0.25, -0.2) is 13.4 Å². The Kier molecular flexibility index (Phi) is 7.16. The molecule has 2 heterocycles. The summed E-state index contributed by atoms with van der Waals surface area (Å²) in [5, 5.41) is 3.53. The average molecular weight is 412 g/mol. The second-order valence-corrected chi connectivity index (χ2v) is 10.7. The van der Waals surface area contributed by atoms with Gasteiger partial charge in [-0.3, -0.25) is 4.79 Å². The predicted molar refractivity (Wildman–Crippen MR) is 107 cm³/mol. The van der Waals surface area contributed by atoms with Crippen molar-refractivity contribution in [1.82, 2.24) is 14.6 Å². The molecule has 0 radical (unpaired) electrons. The van der Waals surface area contributed by atoms with Crippen LogP contribution in [-0.2, 0) is 14.8 Å². The molecule has 1 aromatic rings. The summed E-state index contributed by atoms with van der Waals surface area (Å²) >= 11 is 1.36. The highest BCUT2D eigenvalue weighted by molar-refractivity contribution is 8.00. The molecule has 150 valence electrons. The molecule has 6 nitrogen and oxygen atoms in total. The van der Waals surface area contributed by atoms with E-state index in [1.807, 2.05) is 6.92 Å². The molecule has 3 rings (SSSR count). The Morgan fingerprint density at radius 2 is 1.81 bits per heavy atom. The molecule has 1 amide bonds. The van der Waals surface area contributed by atoms with Crippen LogP contribution in [0.4, 0.5) is 0 Å². The molecule has 2 aliphatic rings. The second kappa shape index (κ2) is 9.39. The zero-order valence-electron chi connectivity index (χ0n) is 15.9. The smallest absolute Gasteiger partial charge is 0.244 e. The van der Waals surface area contributed by atoms with E-state index in [1.165, 1.54) is 37.2 Å². The number of nitrogens with one attached hydrogen (secondary N) is 1. The fourth-order valence-corrected chi connectivity index (χ4v) is 5.90. The number of aromatic nitrogens is 1. The van der Waals surface area contributed by atoms with Gasteiger partial charge in [-0.15, -0.1) is 0 Å². The van der Waals surface area contributed by atoms with E-state index in [0.717, 1.165) is 32.1 Å². The Morgan fingerprint density at radius 3 is 2.44 bits per heavy atom. The van der Waals surface area contributed by atoms with Crippen LogP contribution < -0.4 is 5.32 Å². The number of hydrogen-bond acceptors (Lipinski definition) is 5. The second-order valence-electron chi connectivity index (χ2n) is 7.40. The molecule has 1 atom stereocenters. The summed E-state index contributed by atoms with van der Waals surface area (Å²) in [6.45, 7) is 3.03. The minimum absolute atomic E-state index is 0.0266. The third-order valence-electron chi connectivity index (χ3n) is 5.28. The molecule has 8 heteroatoms. The first-order valence-electron chi connectivity index (χ1n) is 9.90. The Bertz CT molecular complexity index is 725. The normalized spacial score (nSPS) is 20.9. The Balaban J connectivity index is 1.57. The number of nitrogens with zero attached hydrogens (tertiary/aromatic N) is 2. The number of rotatable bonds is 6. The van der Waals surface area contributed by atoms with Gasteiger partial charge >= 0.3 is 0 Å². The number of piperidine rings is 1. The van der Waals surface area contributed by atoms with Crippen molar-refractivity contribution in [2.75, 3.05) is 13.1 Å². The van der Waals surface area contributed by atoms with Crippen LogP contribution in [0.3, 0.4) is 0 Å². The first kappa shape index (κ1) is 20.6. The van der Waals surface area contributed by atoms with E-state index in [-0.39, 0.29) is 16.1 Å². The van der Waals surface area contributed by atoms with Gasteiger partial charge in [0.25, 0.3) is 0 Å². The maximum atomic E-state index is 12.7. The minimum atomic E-state index is -3.46. The van der Waals surface area contributed by atoms with Crippen LogP contribution in [0.1, 0.15) is 58.3 Å². The van der Waals surface area contributed by atoms with E-state index < -0.39 is 10.0 Å². The van der Waals surface area contributed by atoms with Gasteiger partial charge in [0, 0.05) is 25.3 Å². The molecule has 0 unspecified atom stereocenters. The van der Waals surface area contributed by atoms with Crippen LogP contribution >= 0.6 is 11.8 Å². The molecule has 1 aromatic heterocycles. The summed E-state index contributed by atoms with van der Waals surface area (Å²) in [6, 6.07) is 3.59. The summed E-state index contributed by atoms with van der Waals surface area (Å²) in [7, 11) is -3.46. The van der Waals surface area contributed by atoms with Gasteiger partial charge < -0.3 is 5.32 Å². The van der Waals surface area contributed by atoms with Crippen LogP contribution in [0.5, 0.6) is 0 Å². The molecular weight excluding hydrogens is 382 g/mol. The van der Waals surface area contributed by atoms with Crippen molar-refractivity contribution < 1.29 is 13.2 Å².